The smallest absolute Gasteiger partial charge is 0.341 e. The van der Waals surface area contributed by atoms with E-state index >= 15 is 0 Å². The zero-order valence-corrected chi connectivity index (χ0v) is 7.44. The van der Waals surface area contributed by atoms with Gasteiger partial charge in [-0.25, -0.2) is 9.18 Å². The normalized spacial score (nSPS) is 17.5. The van der Waals surface area contributed by atoms with Gasteiger partial charge in [0.2, 0.25) is 5.67 Å². The van der Waals surface area contributed by atoms with Gasteiger partial charge in [-0.3, -0.25) is 0 Å². The van der Waals surface area contributed by atoms with Gasteiger partial charge in [-0.2, -0.15) is 0 Å². The average Bonchev–Trinajstić information content (AvgIpc) is 1.56. The summed E-state index contributed by atoms with van der Waals surface area (Å²) in [6, 6.07) is 0. The van der Waals surface area contributed by atoms with E-state index in [1.807, 2.05) is 20.8 Å². The minimum atomic E-state index is -2.10. The maximum atomic E-state index is 13.1. The van der Waals surface area contributed by atoms with Crippen molar-refractivity contribution < 1.29 is 14.3 Å². The van der Waals surface area contributed by atoms with Crippen LogP contribution >= 0.6 is 0 Å². The number of alkyl halides is 1. The molecule has 0 aliphatic heterocycles. The Balaban J connectivity index is 4.25. The Morgan fingerprint density at radius 1 is 1.36 bits per heavy atom. The van der Waals surface area contributed by atoms with E-state index in [0.29, 0.717) is 0 Å². The molecule has 0 aromatic heterocycles. The SMILES string of the molecule is CC(C)(C)CC(C)(F)C(=O)O. The average molecular weight is 162 g/mol. The first kappa shape index (κ1) is 10.4. The predicted molar refractivity (Wildman–Crippen MR) is 41.2 cm³/mol. The van der Waals surface area contributed by atoms with Crippen molar-refractivity contribution in [3.8, 4) is 0 Å². The van der Waals surface area contributed by atoms with Gasteiger partial charge in [0.1, 0.15) is 0 Å². The molecule has 0 fully saturated rings. The number of halogens is 1. The second-order valence-electron chi connectivity index (χ2n) is 4.24. The molecule has 0 amide bonds. The lowest BCUT2D eigenvalue weighted by Crippen LogP contribution is -2.34. The van der Waals surface area contributed by atoms with Crippen molar-refractivity contribution >= 4 is 5.97 Å². The van der Waals surface area contributed by atoms with E-state index in [9.17, 15) is 9.18 Å². The van der Waals surface area contributed by atoms with E-state index in [4.69, 9.17) is 5.11 Å². The van der Waals surface area contributed by atoms with E-state index in [1.54, 1.807) is 0 Å². The Labute approximate surface area is 66.4 Å². The van der Waals surface area contributed by atoms with Crippen molar-refractivity contribution in [2.45, 2.75) is 39.8 Å². The second kappa shape index (κ2) is 2.80. The molecule has 0 saturated carbocycles. The predicted octanol–water partition coefficient (Wildman–Crippen LogP) is 2.24. The molecule has 0 aliphatic carbocycles. The Morgan fingerprint density at radius 2 is 1.73 bits per heavy atom. The molecule has 0 rings (SSSR count). The van der Waals surface area contributed by atoms with Gasteiger partial charge in [-0.15, -0.1) is 0 Å². The molecule has 1 N–H and O–H groups in total. The van der Waals surface area contributed by atoms with Gasteiger partial charge in [0, 0.05) is 0 Å². The molecule has 11 heavy (non-hydrogen) atoms. The third-order valence-electron chi connectivity index (χ3n) is 1.31. The van der Waals surface area contributed by atoms with E-state index in [1.165, 1.54) is 0 Å². The number of rotatable bonds is 2. The van der Waals surface area contributed by atoms with Gasteiger partial charge in [0.05, 0.1) is 0 Å². The molecule has 1 atom stereocenters. The standard InChI is InChI=1S/C8H15FO2/c1-7(2,3)5-8(4,9)6(10)11/h5H2,1-4H3,(H,10,11). The topological polar surface area (TPSA) is 37.3 Å². The highest BCUT2D eigenvalue weighted by molar-refractivity contribution is 5.76. The van der Waals surface area contributed by atoms with Gasteiger partial charge < -0.3 is 5.11 Å². The number of carboxylic acid groups (broad SMARTS) is 1. The van der Waals surface area contributed by atoms with Crippen LogP contribution in [0.1, 0.15) is 34.1 Å². The molecule has 0 aromatic rings. The fourth-order valence-corrected chi connectivity index (χ4v) is 1.07. The number of hydrogen-bond donors (Lipinski definition) is 1. The van der Waals surface area contributed by atoms with Crippen LogP contribution in [0.2, 0.25) is 0 Å². The Bertz CT molecular complexity index is 156. The fraction of sp³-hybridized carbons (Fsp3) is 0.875. The zero-order valence-electron chi connectivity index (χ0n) is 7.44. The quantitative estimate of drug-likeness (QED) is 0.676. The van der Waals surface area contributed by atoms with E-state index in [-0.39, 0.29) is 11.8 Å². The highest BCUT2D eigenvalue weighted by Gasteiger charge is 2.36. The van der Waals surface area contributed by atoms with Crippen molar-refractivity contribution in [2.75, 3.05) is 0 Å². The van der Waals surface area contributed by atoms with Crippen LogP contribution in [0, 0.1) is 5.41 Å². The zero-order chi connectivity index (χ0) is 9.28. The number of aliphatic carboxylic acids is 1. The molecule has 3 heteroatoms. The molecule has 66 valence electrons. The lowest BCUT2D eigenvalue weighted by atomic mass is 9.84. The van der Waals surface area contributed by atoms with Crippen LogP contribution in [0.5, 0.6) is 0 Å². The van der Waals surface area contributed by atoms with Gasteiger partial charge in [-0.05, 0) is 18.8 Å². The van der Waals surface area contributed by atoms with Gasteiger partial charge in [-0.1, -0.05) is 20.8 Å². The van der Waals surface area contributed by atoms with E-state index < -0.39 is 11.6 Å². The van der Waals surface area contributed by atoms with Crippen LogP contribution in [-0.2, 0) is 4.79 Å². The summed E-state index contributed by atoms with van der Waals surface area (Å²) in [5, 5.41) is 8.43. The monoisotopic (exact) mass is 162 g/mol. The largest absolute Gasteiger partial charge is 0.479 e. The second-order valence-corrected chi connectivity index (χ2v) is 4.24. The fourth-order valence-electron chi connectivity index (χ4n) is 1.07. The van der Waals surface area contributed by atoms with Crippen LogP contribution in [-0.4, -0.2) is 16.7 Å². The lowest BCUT2D eigenvalue weighted by Gasteiger charge is -2.25. The van der Waals surface area contributed by atoms with Crippen LogP contribution in [0.3, 0.4) is 0 Å². The lowest BCUT2D eigenvalue weighted by molar-refractivity contribution is -0.151. The molecular weight excluding hydrogens is 147 g/mol. The molecule has 0 radical (unpaired) electrons. The summed E-state index contributed by atoms with van der Waals surface area (Å²) in [7, 11) is 0. The van der Waals surface area contributed by atoms with Crippen LogP contribution in [0.4, 0.5) is 4.39 Å². The van der Waals surface area contributed by atoms with Crippen molar-refractivity contribution in [1.29, 1.82) is 0 Å². The van der Waals surface area contributed by atoms with Crippen LogP contribution < -0.4 is 0 Å². The van der Waals surface area contributed by atoms with Crippen molar-refractivity contribution in [3.05, 3.63) is 0 Å². The highest BCUT2D eigenvalue weighted by Crippen LogP contribution is 2.29. The highest BCUT2D eigenvalue weighted by atomic mass is 19.1. The molecule has 0 aromatic carbocycles. The summed E-state index contributed by atoms with van der Waals surface area (Å²) >= 11 is 0. The molecule has 0 heterocycles. The summed E-state index contributed by atoms with van der Waals surface area (Å²) in [5.74, 6) is -1.38. The summed E-state index contributed by atoms with van der Waals surface area (Å²) in [6.07, 6.45) is 0.0370. The number of carbonyl (C=O) groups is 1. The maximum absolute atomic E-state index is 13.1. The first-order valence-corrected chi connectivity index (χ1v) is 3.57. The molecule has 1 unspecified atom stereocenters. The summed E-state index contributed by atoms with van der Waals surface area (Å²) in [6.45, 7) is 6.54. The first-order valence-electron chi connectivity index (χ1n) is 3.57. The van der Waals surface area contributed by atoms with E-state index in [2.05, 4.69) is 0 Å². The van der Waals surface area contributed by atoms with Crippen LogP contribution in [0.25, 0.3) is 0 Å². The van der Waals surface area contributed by atoms with Crippen LogP contribution in [0.15, 0.2) is 0 Å². The van der Waals surface area contributed by atoms with Gasteiger partial charge in [0.25, 0.3) is 0 Å². The van der Waals surface area contributed by atoms with Gasteiger partial charge in [0.15, 0.2) is 0 Å². The Kier molecular flexibility index (Phi) is 2.64. The number of hydrogen-bond acceptors (Lipinski definition) is 1. The molecular formula is C8H15FO2. The molecule has 0 aliphatic rings. The Morgan fingerprint density at radius 3 is 1.82 bits per heavy atom. The Hall–Kier alpha value is -0.600. The summed E-state index contributed by atoms with van der Waals surface area (Å²) in [5.41, 5.74) is -2.39. The first-order chi connectivity index (χ1) is 4.65. The summed E-state index contributed by atoms with van der Waals surface area (Å²) < 4.78 is 13.1. The van der Waals surface area contributed by atoms with E-state index in [0.717, 1.165) is 6.92 Å². The molecule has 0 spiro atoms. The maximum Gasteiger partial charge on any atom is 0.341 e. The third kappa shape index (κ3) is 3.96. The number of carboxylic acids is 1. The third-order valence-corrected chi connectivity index (χ3v) is 1.31. The van der Waals surface area contributed by atoms with Crippen molar-refractivity contribution in [1.82, 2.24) is 0 Å². The minimum Gasteiger partial charge on any atom is -0.479 e. The molecule has 2 nitrogen and oxygen atoms in total. The van der Waals surface area contributed by atoms with Crippen molar-refractivity contribution in [2.24, 2.45) is 5.41 Å². The molecule has 0 bridgehead atoms. The van der Waals surface area contributed by atoms with Crippen molar-refractivity contribution in [3.63, 3.8) is 0 Å². The summed E-state index contributed by atoms with van der Waals surface area (Å²) in [4.78, 5) is 10.3. The molecule has 0 saturated heterocycles. The minimum absolute atomic E-state index is 0.0370. The van der Waals surface area contributed by atoms with Gasteiger partial charge >= 0.3 is 5.97 Å².